The summed E-state index contributed by atoms with van der Waals surface area (Å²) in [5.41, 5.74) is 2.40. The molecule has 1 aromatic heterocycles. The van der Waals surface area contributed by atoms with Crippen LogP contribution in [0.25, 0.3) is 11.0 Å². The third-order valence-corrected chi connectivity index (χ3v) is 5.66. The van der Waals surface area contributed by atoms with Gasteiger partial charge in [-0.2, -0.15) is 4.98 Å². The molecular formula is C24H28ClN3O3. The Morgan fingerprint density at radius 2 is 1.90 bits per heavy atom. The molecule has 1 saturated heterocycles. The van der Waals surface area contributed by atoms with E-state index in [2.05, 4.69) is 4.57 Å². The quantitative estimate of drug-likeness (QED) is 0.533. The second-order valence-electron chi connectivity index (χ2n) is 8.95. The fraction of sp³-hybridized carbons (Fsp3) is 0.417. The number of aromatic nitrogens is 2. The van der Waals surface area contributed by atoms with Gasteiger partial charge in [0.2, 0.25) is 0 Å². The normalized spacial score (nSPS) is 16.6. The zero-order chi connectivity index (χ0) is 22.0. The molecule has 0 unspecified atom stereocenters. The minimum absolute atomic E-state index is 0.237. The molecule has 3 aromatic rings. The molecule has 0 bridgehead atoms. The number of imidazole rings is 1. The number of hydrogen-bond acceptors (Lipinski definition) is 4. The molecule has 0 radical (unpaired) electrons. The van der Waals surface area contributed by atoms with E-state index in [4.69, 9.17) is 26.1 Å². The van der Waals surface area contributed by atoms with Gasteiger partial charge in [0, 0.05) is 24.0 Å². The summed E-state index contributed by atoms with van der Waals surface area (Å²) < 4.78 is 13.7. The number of ether oxygens (including phenoxy) is 2. The summed E-state index contributed by atoms with van der Waals surface area (Å²) in [7, 11) is 0. The van der Waals surface area contributed by atoms with E-state index in [9.17, 15) is 4.79 Å². The van der Waals surface area contributed by atoms with E-state index in [0.29, 0.717) is 32.3 Å². The predicted octanol–water partition coefficient (Wildman–Crippen LogP) is 5.37. The Balaban J connectivity index is 1.47. The van der Waals surface area contributed by atoms with Gasteiger partial charge in [-0.15, -0.1) is 0 Å². The van der Waals surface area contributed by atoms with Gasteiger partial charge in [0.05, 0.1) is 24.2 Å². The molecule has 2 aromatic carbocycles. The zero-order valence-electron chi connectivity index (χ0n) is 18.2. The number of nitrogens with zero attached hydrogens (tertiary/aromatic N) is 3. The van der Waals surface area contributed by atoms with E-state index in [1.54, 1.807) is 4.90 Å². The van der Waals surface area contributed by atoms with Gasteiger partial charge in [-0.1, -0.05) is 41.9 Å². The van der Waals surface area contributed by atoms with Crippen molar-refractivity contribution in [2.75, 3.05) is 19.7 Å². The highest BCUT2D eigenvalue weighted by Gasteiger charge is 2.30. The highest BCUT2D eigenvalue weighted by Crippen LogP contribution is 2.27. The van der Waals surface area contributed by atoms with Crippen LogP contribution in [0.3, 0.4) is 0 Å². The molecule has 7 heteroatoms. The van der Waals surface area contributed by atoms with E-state index >= 15 is 0 Å². The van der Waals surface area contributed by atoms with Crippen LogP contribution in [0, 0.1) is 5.92 Å². The van der Waals surface area contributed by atoms with Crippen LogP contribution in [0.15, 0.2) is 48.5 Å². The van der Waals surface area contributed by atoms with Gasteiger partial charge in [-0.05, 0) is 51.0 Å². The van der Waals surface area contributed by atoms with Crippen LogP contribution < -0.4 is 4.74 Å². The first-order valence-corrected chi connectivity index (χ1v) is 11.0. The van der Waals surface area contributed by atoms with Crippen LogP contribution in [0.1, 0.15) is 32.8 Å². The van der Waals surface area contributed by atoms with Crippen molar-refractivity contribution in [3.05, 3.63) is 59.1 Å². The van der Waals surface area contributed by atoms with Gasteiger partial charge >= 0.3 is 6.09 Å². The number of hydrogen-bond donors (Lipinski definition) is 0. The largest absolute Gasteiger partial charge is 0.464 e. The molecule has 4 rings (SSSR count). The minimum atomic E-state index is -0.491. The minimum Gasteiger partial charge on any atom is -0.464 e. The fourth-order valence-corrected chi connectivity index (χ4v) is 3.96. The summed E-state index contributed by atoms with van der Waals surface area (Å²) in [6, 6.07) is 16.3. The van der Waals surface area contributed by atoms with Crippen molar-refractivity contribution >= 4 is 28.7 Å². The smallest absolute Gasteiger partial charge is 0.410 e. The Morgan fingerprint density at radius 3 is 2.68 bits per heavy atom. The second kappa shape index (κ2) is 8.79. The van der Waals surface area contributed by atoms with E-state index in [0.717, 1.165) is 28.0 Å². The molecule has 6 nitrogen and oxygen atoms in total. The molecule has 0 spiro atoms. The van der Waals surface area contributed by atoms with Gasteiger partial charge in [0.15, 0.2) is 0 Å². The highest BCUT2D eigenvalue weighted by molar-refractivity contribution is 6.31. The molecule has 31 heavy (non-hydrogen) atoms. The average molecular weight is 442 g/mol. The van der Waals surface area contributed by atoms with E-state index in [1.165, 1.54) is 0 Å². The summed E-state index contributed by atoms with van der Waals surface area (Å²) in [6.07, 6.45) is 0.616. The fourth-order valence-electron chi connectivity index (χ4n) is 3.77. The zero-order valence-corrected chi connectivity index (χ0v) is 18.9. The Labute approximate surface area is 187 Å². The van der Waals surface area contributed by atoms with Gasteiger partial charge in [0.1, 0.15) is 5.60 Å². The summed E-state index contributed by atoms with van der Waals surface area (Å²) >= 11 is 6.39. The molecule has 164 valence electrons. The van der Waals surface area contributed by atoms with Gasteiger partial charge in [-0.25, -0.2) is 4.79 Å². The first kappa shape index (κ1) is 21.5. The Kier molecular flexibility index (Phi) is 6.10. The SMILES string of the molecule is CC(C)(C)OC(=O)N1CC[C@H](COc2nc3ccccc3n2Cc2ccccc2Cl)C1. The number of carbonyl (C=O) groups is 1. The van der Waals surface area contributed by atoms with E-state index in [1.807, 2.05) is 69.3 Å². The lowest BCUT2D eigenvalue weighted by atomic mass is 10.1. The van der Waals surface area contributed by atoms with Crippen LogP contribution in [-0.4, -0.2) is 45.8 Å². The Morgan fingerprint density at radius 1 is 1.16 bits per heavy atom. The average Bonchev–Trinajstić information content (AvgIpc) is 3.32. The predicted molar refractivity (Wildman–Crippen MR) is 122 cm³/mol. The number of amides is 1. The van der Waals surface area contributed by atoms with Crippen molar-refractivity contribution in [1.82, 2.24) is 14.5 Å². The monoisotopic (exact) mass is 441 g/mol. The number of likely N-dealkylation sites (tertiary alicyclic amines) is 1. The third kappa shape index (κ3) is 5.13. The second-order valence-corrected chi connectivity index (χ2v) is 9.36. The third-order valence-electron chi connectivity index (χ3n) is 5.29. The first-order valence-electron chi connectivity index (χ1n) is 10.6. The molecule has 0 aliphatic carbocycles. The number of halogens is 1. The van der Waals surface area contributed by atoms with Crippen LogP contribution in [0.2, 0.25) is 5.02 Å². The van der Waals surface area contributed by atoms with Gasteiger partial charge in [0.25, 0.3) is 6.01 Å². The Hall–Kier alpha value is -2.73. The number of fused-ring (bicyclic) bond motifs is 1. The maximum Gasteiger partial charge on any atom is 0.410 e. The van der Waals surface area contributed by atoms with Crippen molar-refractivity contribution in [3.8, 4) is 6.01 Å². The topological polar surface area (TPSA) is 56.6 Å². The summed E-state index contributed by atoms with van der Waals surface area (Å²) in [5.74, 6) is 0.237. The standard InChI is InChI=1S/C24H28ClN3O3/c1-24(2,3)31-23(29)27-13-12-17(14-27)16-30-22-26-20-10-6-7-11-21(20)28(22)15-18-8-4-5-9-19(18)25/h4-11,17H,12-16H2,1-3H3/t17-/m0/s1. The van der Waals surface area contributed by atoms with E-state index in [-0.39, 0.29) is 12.0 Å². The molecular weight excluding hydrogens is 414 g/mol. The van der Waals surface area contributed by atoms with Gasteiger partial charge in [-0.3, -0.25) is 4.57 Å². The van der Waals surface area contributed by atoms with E-state index < -0.39 is 5.60 Å². The van der Waals surface area contributed by atoms with Crippen molar-refractivity contribution in [3.63, 3.8) is 0 Å². The highest BCUT2D eigenvalue weighted by atomic mass is 35.5. The summed E-state index contributed by atoms with van der Waals surface area (Å²) in [4.78, 5) is 18.8. The van der Waals surface area contributed by atoms with Crippen LogP contribution in [0.4, 0.5) is 4.79 Å². The summed E-state index contributed by atoms with van der Waals surface area (Å²) in [5, 5.41) is 0.718. The number of benzene rings is 2. The molecule has 1 aliphatic rings. The molecule has 0 saturated carbocycles. The summed E-state index contributed by atoms with van der Waals surface area (Å²) in [6.45, 7) is 8.01. The van der Waals surface area contributed by atoms with Crippen molar-refractivity contribution in [1.29, 1.82) is 0 Å². The van der Waals surface area contributed by atoms with Crippen molar-refractivity contribution in [2.45, 2.75) is 39.3 Å². The Bertz CT molecular complexity index is 1070. The van der Waals surface area contributed by atoms with Crippen LogP contribution in [-0.2, 0) is 11.3 Å². The molecule has 1 fully saturated rings. The van der Waals surface area contributed by atoms with Crippen molar-refractivity contribution < 1.29 is 14.3 Å². The van der Waals surface area contributed by atoms with Crippen LogP contribution in [0.5, 0.6) is 6.01 Å². The lowest BCUT2D eigenvalue weighted by Crippen LogP contribution is -2.35. The van der Waals surface area contributed by atoms with Crippen molar-refractivity contribution in [2.24, 2.45) is 5.92 Å². The maximum atomic E-state index is 12.3. The molecule has 1 amide bonds. The lowest BCUT2D eigenvalue weighted by Gasteiger charge is -2.24. The number of rotatable bonds is 5. The first-order chi connectivity index (χ1) is 14.8. The van der Waals surface area contributed by atoms with Gasteiger partial charge < -0.3 is 14.4 Å². The molecule has 0 N–H and O–H groups in total. The molecule has 2 heterocycles. The van der Waals surface area contributed by atoms with Crippen LogP contribution >= 0.6 is 11.6 Å². The lowest BCUT2D eigenvalue weighted by molar-refractivity contribution is 0.0284. The number of carbonyl (C=O) groups excluding carboxylic acids is 1. The number of para-hydroxylation sites is 2. The molecule has 1 aliphatic heterocycles. The molecule has 1 atom stereocenters. The maximum absolute atomic E-state index is 12.3.